The van der Waals surface area contributed by atoms with Gasteiger partial charge >= 0.3 is 0 Å². The van der Waals surface area contributed by atoms with E-state index in [4.69, 9.17) is 9.40 Å². The molecule has 0 aliphatic heterocycles. The molecule has 0 spiro atoms. The summed E-state index contributed by atoms with van der Waals surface area (Å²) in [6.45, 7) is 6.27. The number of nitrogens with zero attached hydrogens (tertiary/aromatic N) is 2. The lowest BCUT2D eigenvalue weighted by atomic mass is 10.0. The maximum Gasteiger partial charge on any atom is 0.144 e. The van der Waals surface area contributed by atoms with Crippen molar-refractivity contribution in [3.63, 3.8) is 0 Å². The van der Waals surface area contributed by atoms with Crippen LogP contribution in [0.3, 0.4) is 0 Å². The summed E-state index contributed by atoms with van der Waals surface area (Å²) in [7, 11) is 0. The summed E-state index contributed by atoms with van der Waals surface area (Å²) >= 11 is 0. The van der Waals surface area contributed by atoms with Crippen LogP contribution in [0, 0.1) is 6.92 Å². The summed E-state index contributed by atoms with van der Waals surface area (Å²) in [4.78, 5) is 9.37. The molecule has 3 nitrogen and oxygen atoms in total. The molecule has 23 heavy (non-hydrogen) atoms. The number of hydrogen-bond acceptors (Lipinski definition) is 3. The van der Waals surface area contributed by atoms with Crippen LogP contribution in [0.1, 0.15) is 31.2 Å². The number of benzene rings is 2. The van der Waals surface area contributed by atoms with E-state index in [2.05, 4.69) is 43.1 Å². The second-order valence-electron chi connectivity index (χ2n) is 6.16. The Hall–Kier alpha value is -2.68. The average molecular weight is 302 g/mol. The van der Waals surface area contributed by atoms with Crippen LogP contribution in [0.25, 0.3) is 33.2 Å². The van der Waals surface area contributed by atoms with Crippen molar-refractivity contribution in [2.45, 2.75) is 26.7 Å². The SMILES string of the molecule is Cc1nc(C(C)C)cnc1-c1cccc2c1oc1ccccc12. The number of rotatable bonds is 2. The lowest BCUT2D eigenvalue weighted by Crippen LogP contribution is -1.99. The van der Waals surface area contributed by atoms with Crippen LogP contribution in [0.4, 0.5) is 0 Å². The molecule has 0 saturated carbocycles. The first-order valence-corrected chi connectivity index (χ1v) is 7.89. The van der Waals surface area contributed by atoms with Gasteiger partial charge in [-0.3, -0.25) is 9.97 Å². The van der Waals surface area contributed by atoms with Gasteiger partial charge in [0, 0.05) is 22.5 Å². The number of fused-ring (bicyclic) bond motifs is 3. The van der Waals surface area contributed by atoms with Crippen LogP contribution in [0.15, 0.2) is 53.1 Å². The Morgan fingerprint density at radius 1 is 0.957 bits per heavy atom. The highest BCUT2D eigenvalue weighted by Gasteiger charge is 2.15. The quantitative estimate of drug-likeness (QED) is 0.492. The first-order chi connectivity index (χ1) is 11.1. The van der Waals surface area contributed by atoms with Gasteiger partial charge in [0.15, 0.2) is 0 Å². The van der Waals surface area contributed by atoms with Gasteiger partial charge in [0.2, 0.25) is 0 Å². The van der Waals surface area contributed by atoms with Gasteiger partial charge in [-0.25, -0.2) is 0 Å². The molecule has 114 valence electrons. The van der Waals surface area contributed by atoms with Crippen LogP contribution < -0.4 is 0 Å². The minimum atomic E-state index is 0.372. The molecule has 4 aromatic rings. The summed E-state index contributed by atoms with van der Waals surface area (Å²) in [6.07, 6.45) is 1.87. The van der Waals surface area contributed by atoms with E-state index in [1.54, 1.807) is 0 Å². The molecule has 0 unspecified atom stereocenters. The van der Waals surface area contributed by atoms with Crippen molar-refractivity contribution in [2.24, 2.45) is 0 Å². The Kier molecular flexibility index (Phi) is 3.15. The Bertz CT molecular complexity index is 1010. The predicted octanol–water partition coefficient (Wildman–Crippen LogP) is 5.47. The molecule has 0 saturated heterocycles. The molecule has 2 aromatic heterocycles. The van der Waals surface area contributed by atoms with Crippen molar-refractivity contribution < 1.29 is 4.42 Å². The highest BCUT2D eigenvalue weighted by atomic mass is 16.3. The topological polar surface area (TPSA) is 38.9 Å². The van der Waals surface area contributed by atoms with E-state index >= 15 is 0 Å². The molecule has 3 heteroatoms. The fraction of sp³-hybridized carbons (Fsp3) is 0.200. The molecule has 0 N–H and O–H groups in total. The van der Waals surface area contributed by atoms with Crippen molar-refractivity contribution in [3.8, 4) is 11.3 Å². The number of para-hydroxylation sites is 2. The fourth-order valence-electron chi connectivity index (χ4n) is 2.98. The minimum Gasteiger partial charge on any atom is -0.455 e. The largest absolute Gasteiger partial charge is 0.455 e. The molecule has 0 bridgehead atoms. The third-order valence-electron chi connectivity index (χ3n) is 4.22. The summed E-state index contributed by atoms with van der Waals surface area (Å²) in [5.41, 5.74) is 5.62. The summed E-state index contributed by atoms with van der Waals surface area (Å²) < 4.78 is 6.10. The average Bonchev–Trinajstić information content (AvgIpc) is 2.93. The Morgan fingerprint density at radius 3 is 2.52 bits per heavy atom. The van der Waals surface area contributed by atoms with Crippen LogP contribution in [0.5, 0.6) is 0 Å². The molecule has 2 aromatic carbocycles. The minimum absolute atomic E-state index is 0.372. The van der Waals surface area contributed by atoms with Crippen molar-refractivity contribution in [2.75, 3.05) is 0 Å². The maximum absolute atomic E-state index is 6.10. The highest BCUT2D eigenvalue weighted by molar-refractivity contribution is 6.09. The van der Waals surface area contributed by atoms with E-state index in [9.17, 15) is 0 Å². The van der Waals surface area contributed by atoms with Gasteiger partial charge in [-0.2, -0.15) is 0 Å². The number of aryl methyl sites for hydroxylation is 1. The van der Waals surface area contributed by atoms with Gasteiger partial charge < -0.3 is 4.42 Å². The number of furan rings is 1. The summed E-state index contributed by atoms with van der Waals surface area (Å²) in [5.74, 6) is 0.372. The molecule has 0 aliphatic carbocycles. The molecule has 4 rings (SSSR count). The van der Waals surface area contributed by atoms with Crippen LogP contribution in [-0.2, 0) is 0 Å². The normalized spacial score (nSPS) is 11.7. The van der Waals surface area contributed by atoms with Crippen molar-refractivity contribution in [3.05, 3.63) is 60.0 Å². The van der Waals surface area contributed by atoms with Crippen molar-refractivity contribution >= 4 is 21.9 Å². The third-order valence-corrected chi connectivity index (χ3v) is 4.22. The van der Waals surface area contributed by atoms with Crippen LogP contribution in [0.2, 0.25) is 0 Å². The van der Waals surface area contributed by atoms with Gasteiger partial charge in [-0.1, -0.05) is 44.2 Å². The fourth-order valence-corrected chi connectivity index (χ4v) is 2.98. The van der Waals surface area contributed by atoms with Gasteiger partial charge in [0.1, 0.15) is 11.2 Å². The van der Waals surface area contributed by atoms with E-state index in [-0.39, 0.29) is 0 Å². The standard InChI is InChI=1S/C20H18N2O/c1-12(2)17-11-21-19(13(3)22-17)16-9-6-8-15-14-7-4-5-10-18(14)23-20(15)16/h4-12H,1-3H3. The molecule has 0 radical (unpaired) electrons. The maximum atomic E-state index is 6.10. The molecular formula is C20H18N2O. The van der Waals surface area contributed by atoms with E-state index in [1.807, 2.05) is 31.3 Å². The number of aromatic nitrogens is 2. The molecule has 0 amide bonds. The predicted molar refractivity (Wildman–Crippen MR) is 93.6 cm³/mol. The lowest BCUT2D eigenvalue weighted by Gasteiger charge is -2.09. The van der Waals surface area contributed by atoms with E-state index in [0.717, 1.165) is 44.6 Å². The van der Waals surface area contributed by atoms with Crippen molar-refractivity contribution in [1.29, 1.82) is 0 Å². The zero-order chi connectivity index (χ0) is 16.0. The molecule has 2 heterocycles. The molecular weight excluding hydrogens is 284 g/mol. The Balaban J connectivity index is 1.99. The van der Waals surface area contributed by atoms with E-state index < -0.39 is 0 Å². The van der Waals surface area contributed by atoms with Gasteiger partial charge in [-0.15, -0.1) is 0 Å². The third kappa shape index (κ3) is 2.20. The van der Waals surface area contributed by atoms with Gasteiger partial charge in [0.25, 0.3) is 0 Å². The monoisotopic (exact) mass is 302 g/mol. The lowest BCUT2D eigenvalue weighted by molar-refractivity contribution is 0.669. The Labute approximate surface area is 135 Å². The second-order valence-corrected chi connectivity index (χ2v) is 6.16. The van der Waals surface area contributed by atoms with Crippen LogP contribution >= 0.6 is 0 Å². The first kappa shape index (κ1) is 13.9. The molecule has 0 fully saturated rings. The molecule has 0 atom stereocenters. The summed E-state index contributed by atoms with van der Waals surface area (Å²) in [6, 6.07) is 14.3. The van der Waals surface area contributed by atoms with Gasteiger partial charge in [0.05, 0.1) is 17.1 Å². The van der Waals surface area contributed by atoms with E-state index in [0.29, 0.717) is 5.92 Å². The summed E-state index contributed by atoms with van der Waals surface area (Å²) in [5, 5.41) is 2.25. The van der Waals surface area contributed by atoms with E-state index in [1.165, 1.54) is 0 Å². The zero-order valence-electron chi connectivity index (χ0n) is 13.5. The number of hydrogen-bond donors (Lipinski definition) is 0. The first-order valence-electron chi connectivity index (χ1n) is 7.89. The highest BCUT2D eigenvalue weighted by Crippen LogP contribution is 2.35. The smallest absolute Gasteiger partial charge is 0.144 e. The van der Waals surface area contributed by atoms with Gasteiger partial charge in [-0.05, 0) is 25.0 Å². The second kappa shape index (κ2) is 5.20. The van der Waals surface area contributed by atoms with Crippen LogP contribution in [-0.4, -0.2) is 9.97 Å². The van der Waals surface area contributed by atoms with Crippen molar-refractivity contribution in [1.82, 2.24) is 9.97 Å². The Morgan fingerprint density at radius 2 is 1.74 bits per heavy atom. The molecule has 0 aliphatic rings. The zero-order valence-corrected chi connectivity index (χ0v) is 13.5.